The van der Waals surface area contributed by atoms with E-state index in [0.29, 0.717) is 12.1 Å². The van der Waals surface area contributed by atoms with E-state index in [4.69, 9.17) is 10.8 Å². The van der Waals surface area contributed by atoms with Crippen LogP contribution in [0.1, 0.15) is 11.1 Å². The molecule has 1 aromatic rings. The highest BCUT2D eigenvalue weighted by Gasteiger charge is 2.13. The third-order valence-corrected chi connectivity index (χ3v) is 3.45. The molecule has 3 N–H and O–H groups in total. The van der Waals surface area contributed by atoms with Crippen LogP contribution >= 0.6 is 11.8 Å². The molecule has 0 aliphatic carbocycles. The van der Waals surface area contributed by atoms with Gasteiger partial charge in [0, 0.05) is 5.56 Å². The smallest absolute Gasteiger partial charge is 0.320 e. The maximum atomic E-state index is 10.8. The summed E-state index contributed by atoms with van der Waals surface area (Å²) in [6.45, 7) is 3.80. The minimum Gasteiger partial charge on any atom is -0.480 e. The van der Waals surface area contributed by atoms with Crippen molar-refractivity contribution in [3.05, 3.63) is 59.2 Å². The number of benzene rings is 1. The first-order chi connectivity index (χ1) is 9.06. The van der Waals surface area contributed by atoms with Gasteiger partial charge in [0.2, 0.25) is 0 Å². The van der Waals surface area contributed by atoms with Gasteiger partial charge in [-0.25, -0.2) is 4.99 Å². The summed E-state index contributed by atoms with van der Waals surface area (Å²) in [5.41, 5.74) is 8.08. The van der Waals surface area contributed by atoms with E-state index in [2.05, 4.69) is 11.6 Å². The van der Waals surface area contributed by atoms with Crippen LogP contribution in [-0.4, -0.2) is 22.2 Å². The van der Waals surface area contributed by atoms with Crippen LogP contribution in [0, 0.1) is 0 Å². The van der Waals surface area contributed by atoms with Gasteiger partial charge in [0.1, 0.15) is 11.1 Å². The van der Waals surface area contributed by atoms with Gasteiger partial charge in [0.05, 0.1) is 5.70 Å². The minimum absolute atomic E-state index is 0.303. The molecule has 1 atom stereocenters. The quantitative estimate of drug-likeness (QED) is 0.882. The Bertz CT molecular complexity index is 579. The molecular formula is C14H14N2O2S. The van der Waals surface area contributed by atoms with Gasteiger partial charge in [-0.05, 0) is 29.5 Å². The Morgan fingerprint density at radius 3 is 3.00 bits per heavy atom. The lowest BCUT2D eigenvalue weighted by Crippen LogP contribution is -2.32. The summed E-state index contributed by atoms with van der Waals surface area (Å²) in [7, 11) is 0. The molecule has 1 aliphatic heterocycles. The Morgan fingerprint density at radius 1 is 1.53 bits per heavy atom. The summed E-state index contributed by atoms with van der Waals surface area (Å²) >= 11 is 1.51. The summed E-state index contributed by atoms with van der Waals surface area (Å²) in [6, 6.07) is 6.72. The second-order valence-corrected chi connectivity index (χ2v) is 5.07. The van der Waals surface area contributed by atoms with Gasteiger partial charge in [-0.3, -0.25) is 4.79 Å². The number of carboxylic acid groups (broad SMARTS) is 1. The lowest BCUT2D eigenvalue weighted by atomic mass is 10.0. The van der Waals surface area contributed by atoms with Crippen molar-refractivity contribution in [2.75, 3.05) is 0 Å². The van der Waals surface area contributed by atoms with Crippen molar-refractivity contribution in [2.45, 2.75) is 12.5 Å². The van der Waals surface area contributed by atoms with Crippen LogP contribution < -0.4 is 5.73 Å². The molecule has 19 heavy (non-hydrogen) atoms. The van der Waals surface area contributed by atoms with Crippen molar-refractivity contribution in [2.24, 2.45) is 10.7 Å². The molecule has 98 valence electrons. The highest BCUT2D eigenvalue weighted by Crippen LogP contribution is 2.22. The third kappa shape index (κ3) is 3.56. The largest absolute Gasteiger partial charge is 0.480 e. The Labute approximate surface area is 115 Å². The molecule has 0 fully saturated rings. The van der Waals surface area contributed by atoms with Crippen LogP contribution in [-0.2, 0) is 11.2 Å². The number of nitrogens with zero attached hydrogens (tertiary/aromatic N) is 1. The molecule has 1 aliphatic rings. The molecule has 2 rings (SSSR count). The lowest BCUT2D eigenvalue weighted by Gasteiger charge is -2.11. The zero-order valence-electron chi connectivity index (χ0n) is 10.2. The van der Waals surface area contributed by atoms with Gasteiger partial charge >= 0.3 is 5.97 Å². The fraction of sp³-hybridized carbons (Fsp3) is 0.143. The van der Waals surface area contributed by atoms with E-state index in [1.54, 1.807) is 0 Å². The topological polar surface area (TPSA) is 75.7 Å². The SMILES string of the molecule is C=C1C=CSC(c2cccc(CC(N)C(=O)O)c2)=N1. The van der Waals surface area contributed by atoms with E-state index in [1.807, 2.05) is 35.7 Å². The first-order valence-electron chi connectivity index (χ1n) is 5.75. The zero-order valence-corrected chi connectivity index (χ0v) is 11.1. The standard InChI is InChI=1S/C14H14N2O2S/c1-9-5-6-19-13(16-9)11-4-2-3-10(7-11)8-12(15)14(17)18/h2-7,12H,1,8,15H2,(H,17,18). The van der Waals surface area contributed by atoms with Gasteiger partial charge < -0.3 is 10.8 Å². The molecule has 0 saturated heterocycles. The van der Waals surface area contributed by atoms with E-state index in [9.17, 15) is 4.79 Å². The molecule has 0 spiro atoms. The van der Waals surface area contributed by atoms with Gasteiger partial charge in [-0.2, -0.15) is 0 Å². The Hall–Kier alpha value is -1.85. The number of nitrogens with two attached hydrogens (primary N) is 1. The van der Waals surface area contributed by atoms with E-state index in [-0.39, 0.29) is 0 Å². The molecule has 0 aromatic heterocycles. The molecule has 0 saturated carbocycles. The molecule has 1 unspecified atom stereocenters. The highest BCUT2D eigenvalue weighted by atomic mass is 32.2. The number of allylic oxidation sites excluding steroid dienone is 1. The molecule has 1 aromatic carbocycles. The number of hydrogen-bond acceptors (Lipinski definition) is 4. The number of carbonyl (C=O) groups is 1. The fourth-order valence-electron chi connectivity index (χ4n) is 1.68. The number of rotatable bonds is 4. The van der Waals surface area contributed by atoms with E-state index < -0.39 is 12.0 Å². The van der Waals surface area contributed by atoms with Crippen molar-refractivity contribution in [1.29, 1.82) is 0 Å². The molecule has 5 heteroatoms. The first-order valence-corrected chi connectivity index (χ1v) is 6.63. The number of hydrogen-bond donors (Lipinski definition) is 2. The van der Waals surface area contributed by atoms with Crippen molar-refractivity contribution in [3.8, 4) is 0 Å². The Kier molecular flexibility index (Phi) is 4.19. The van der Waals surface area contributed by atoms with Crippen LogP contribution in [0.15, 0.2) is 53.0 Å². The second-order valence-electron chi connectivity index (χ2n) is 4.18. The fourth-order valence-corrected chi connectivity index (χ4v) is 2.46. The molecule has 4 nitrogen and oxygen atoms in total. The van der Waals surface area contributed by atoms with E-state index >= 15 is 0 Å². The third-order valence-electron chi connectivity index (χ3n) is 2.63. The van der Waals surface area contributed by atoms with Crippen molar-refractivity contribution in [3.63, 3.8) is 0 Å². The highest BCUT2D eigenvalue weighted by molar-refractivity contribution is 8.17. The monoisotopic (exact) mass is 274 g/mol. The number of aliphatic imine (C=N–C) groups is 1. The first kappa shape index (κ1) is 13.6. The molecule has 0 bridgehead atoms. The predicted molar refractivity (Wildman–Crippen MR) is 78.2 cm³/mol. The Balaban J connectivity index is 2.20. The van der Waals surface area contributed by atoms with E-state index in [0.717, 1.165) is 16.2 Å². The Morgan fingerprint density at radius 2 is 2.32 bits per heavy atom. The van der Waals surface area contributed by atoms with Crippen LogP contribution in [0.25, 0.3) is 0 Å². The normalized spacial score (nSPS) is 16.1. The molecule has 1 heterocycles. The summed E-state index contributed by atoms with van der Waals surface area (Å²) in [4.78, 5) is 15.1. The second kappa shape index (κ2) is 5.86. The number of thioether (sulfide) groups is 1. The lowest BCUT2D eigenvalue weighted by molar-refractivity contribution is -0.138. The van der Waals surface area contributed by atoms with Gasteiger partial charge in [0.25, 0.3) is 0 Å². The maximum Gasteiger partial charge on any atom is 0.320 e. The number of aliphatic carboxylic acids is 1. The van der Waals surface area contributed by atoms with Crippen molar-refractivity contribution < 1.29 is 9.90 Å². The van der Waals surface area contributed by atoms with Crippen LogP contribution in [0.4, 0.5) is 0 Å². The summed E-state index contributed by atoms with van der Waals surface area (Å²) in [5, 5.41) is 11.6. The zero-order chi connectivity index (χ0) is 13.8. The summed E-state index contributed by atoms with van der Waals surface area (Å²) in [5.74, 6) is -0.994. The van der Waals surface area contributed by atoms with Gasteiger partial charge in [-0.15, -0.1) is 0 Å². The summed E-state index contributed by atoms with van der Waals surface area (Å²) < 4.78 is 0. The van der Waals surface area contributed by atoms with Gasteiger partial charge in [0.15, 0.2) is 0 Å². The maximum absolute atomic E-state index is 10.8. The average molecular weight is 274 g/mol. The van der Waals surface area contributed by atoms with E-state index in [1.165, 1.54) is 11.8 Å². The van der Waals surface area contributed by atoms with Crippen molar-refractivity contribution >= 4 is 22.8 Å². The minimum atomic E-state index is -0.994. The molecule has 0 amide bonds. The predicted octanol–water partition coefficient (Wildman–Crippen LogP) is 2.16. The summed E-state index contributed by atoms with van der Waals surface area (Å²) in [6.07, 6.45) is 2.15. The molecule has 0 radical (unpaired) electrons. The average Bonchev–Trinajstić information content (AvgIpc) is 2.39. The molecular weight excluding hydrogens is 260 g/mol. The van der Waals surface area contributed by atoms with Crippen LogP contribution in [0.3, 0.4) is 0 Å². The number of carboxylic acids is 1. The van der Waals surface area contributed by atoms with Gasteiger partial charge in [-0.1, -0.05) is 36.5 Å². The van der Waals surface area contributed by atoms with Crippen LogP contribution in [0.2, 0.25) is 0 Å². The van der Waals surface area contributed by atoms with Crippen LogP contribution in [0.5, 0.6) is 0 Å². The van der Waals surface area contributed by atoms with Crippen molar-refractivity contribution in [1.82, 2.24) is 0 Å².